The number of aliphatic imine (C=N–C) groups is 1. The predicted octanol–water partition coefficient (Wildman–Crippen LogP) is 2.10. The summed E-state index contributed by atoms with van der Waals surface area (Å²) in [6.07, 6.45) is 1.64. The summed E-state index contributed by atoms with van der Waals surface area (Å²) in [7, 11) is 5.95. The van der Waals surface area contributed by atoms with E-state index in [1.165, 1.54) is 11.1 Å². The van der Waals surface area contributed by atoms with E-state index in [0.29, 0.717) is 6.61 Å². The SMILES string of the molecule is CCOC(=O)C1CCN(C(=NC)NCc2ccc(CN(C)C)cc2)CC1. The Labute approximate surface area is 157 Å². The Morgan fingerprint density at radius 2 is 1.85 bits per heavy atom. The second kappa shape index (κ2) is 10.2. The van der Waals surface area contributed by atoms with Gasteiger partial charge in [-0.25, -0.2) is 0 Å². The molecule has 6 heteroatoms. The molecule has 144 valence electrons. The molecule has 1 aliphatic rings. The van der Waals surface area contributed by atoms with Crippen molar-refractivity contribution in [3.8, 4) is 0 Å². The van der Waals surface area contributed by atoms with E-state index in [0.717, 1.165) is 45.0 Å². The van der Waals surface area contributed by atoms with Crippen molar-refractivity contribution in [2.24, 2.45) is 10.9 Å². The van der Waals surface area contributed by atoms with E-state index in [1.807, 2.05) is 6.92 Å². The number of hydrogen-bond acceptors (Lipinski definition) is 4. The lowest BCUT2D eigenvalue weighted by molar-refractivity contribution is -0.149. The molecule has 0 amide bonds. The van der Waals surface area contributed by atoms with Crippen LogP contribution < -0.4 is 5.32 Å². The van der Waals surface area contributed by atoms with Gasteiger partial charge >= 0.3 is 5.97 Å². The molecule has 2 rings (SSSR count). The van der Waals surface area contributed by atoms with E-state index in [2.05, 4.69) is 58.5 Å². The summed E-state index contributed by atoms with van der Waals surface area (Å²) < 4.78 is 5.14. The Morgan fingerprint density at radius 3 is 2.38 bits per heavy atom. The summed E-state index contributed by atoms with van der Waals surface area (Å²) in [6, 6.07) is 8.66. The first-order chi connectivity index (χ1) is 12.5. The predicted molar refractivity (Wildman–Crippen MR) is 105 cm³/mol. The molecule has 1 N–H and O–H groups in total. The summed E-state index contributed by atoms with van der Waals surface area (Å²) >= 11 is 0. The molecule has 6 nitrogen and oxygen atoms in total. The van der Waals surface area contributed by atoms with Crippen LogP contribution >= 0.6 is 0 Å². The van der Waals surface area contributed by atoms with Crippen LogP contribution in [0.15, 0.2) is 29.3 Å². The molecule has 0 spiro atoms. The van der Waals surface area contributed by atoms with E-state index in [1.54, 1.807) is 7.05 Å². The second-order valence-corrected chi connectivity index (χ2v) is 6.97. The number of esters is 1. The highest BCUT2D eigenvalue weighted by Crippen LogP contribution is 2.18. The fourth-order valence-electron chi connectivity index (χ4n) is 3.23. The molecule has 0 bridgehead atoms. The maximum absolute atomic E-state index is 11.9. The first-order valence-electron chi connectivity index (χ1n) is 9.38. The van der Waals surface area contributed by atoms with Crippen LogP contribution in [-0.4, -0.2) is 62.6 Å². The third-order valence-corrected chi connectivity index (χ3v) is 4.60. The zero-order valence-corrected chi connectivity index (χ0v) is 16.5. The fourth-order valence-corrected chi connectivity index (χ4v) is 3.23. The highest BCUT2D eigenvalue weighted by Gasteiger charge is 2.27. The van der Waals surface area contributed by atoms with Crippen molar-refractivity contribution >= 4 is 11.9 Å². The van der Waals surface area contributed by atoms with Crippen LogP contribution in [0.1, 0.15) is 30.9 Å². The molecule has 1 aliphatic heterocycles. The van der Waals surface area contributed by atoms with Crippen LogP contribution in [-0.2, 0) is 22.6 Å². The molecule has 26 heavy (non-hydrogen) atoms. The topological polar surface area (TPSA) is 57.2 Å². The van der Waals surface area contributed by atoms with E-state index < -0.39 is 0 Å². The number of carbonyl (C=O) groups excluding carboxylic acids is 1. The summed E-state index contributed by atoms with van der Waals surface area (Å²) in [4.78, 5) is 20.6. The van der Waals surface area contributed by atoms with Gasteiger partial charge in [0.1, 0.15) is 0 Å². The summed E-state index contributed by atoms with van der Waals surface area (Å²) in [5.74, 6) is 0.853. The molecular formula is C20H32N4O2. The summed E-state index contributed by atoms with van der Waals surface area (Å²) in [5, 5.41) is 3.43. The van der Waals surface area contributed by atoms with Gasteiger partial charge in [0.25, 0.3) is 0 Å². The number of carbonyl (C=O) groups is 1. The van der Waals surface area contributed by atoms with Gasteiger partial charge in [-0.1, -0.05) is 24.3 Å². The van der Waals surface area contributed by atoms with Crippen LogP contribution in [0.5, 0.6) is 0 Å². The highest BCUT2D eigenvalue weighted by molar-refractivity contribution is 5.80. The fraction of sp³-hybridized carbons (Fsp3) is 0.600. The highest BCUT2D eigenvalue weighted by atomic mass is 16.5. The van der Waals surface area contributed by atoms with Gasteiger partial charge in [0, 0.05) is 33.2 Å². The van der Waals surface area contributed by atoms with Crippen LogP contribution in [0.25, 0.3) is 0 Å². The summed E-state index contributed by atoms with van der Waals surface area (Å²) in [5.41, 5.74) is 2.54. The molecule has 1 fully saturated rings. The van der Waals surface area contributed by atoms with Gasteiger partial charge in [-0.05, 0) is 45.0 Å². The summed E-state index contributed by atoms with van der Waals surface area (Å²) in [6.45, 7) is 5.65. The average Bonchev–Trinajstić information content (AvgIpc) is 2.64. The minimum absolute atomic E-state index is 0.0218. The Hall–Kier alpha value is -2.08. The third-order valence-electron chi connectivity index (χ3n) is 4.60. The first-order valence-corrected chi connectivity index (χ1v) is 9.38. The van der Waals surface area contributed by atoms with Crippen LogP contribution in [0.3, 0.4) is 0 Å². The number of rotatable bonds is 6. The lowest BCUT2D eigenvalue weighted by Crippen LogP contribution is -2.46. The Morgan fingerprint density at radius 1 is 1.23 bits per heavy atom. The Kier molecular flexibility index (Phi) is 7.91. The van der Waals surface area contributed by atoms with Crippen LogP contribution in [0, 0.1) is 5.92 Å². The molecule has 0 aromatic heterocycles. The number of benzene rings is 1. The van der Waals surface area contributed by atoms with Gasteiger partial charge in [0.2, 0.25) is 0 Å². The lowest BCUT2D eigenvalue weighted by Gasteiger charge is -2.33. The normalized spacial score (nSPS) is 16.0. The number of piperidine rings is 1. The van der Waals surface area contributed by atoms with Crippen molar-refractivity contribution in [1.29, 1.82) is 0 Å². The quantitative estimate of drug-likeness (QED) is 0.478. The van der Waals surface area contributed by atoms with Gasteiger partial charge in [-0.3, -0.25) is 9.79 Å². The Balaban J connectivity index is 1.82. The van der Waals surface area contributed by atoms with E-state index >= 15 is 0 Å². The lowest BCUT2D eigenvalue weighted by atomic mass is 9.97. The number of likely N-dealkylation sites (tertiary alicyclic amines) is 1. The number of nitrogens with one attached hydrogen (secondary N) is 1. The molecule has 1 aromatic carbocycles. The first kappa shape index (κ1) is 20.2. The molecule has 0 aliphatic carbocycles. The molecule has 0 unspecified atom stereocenters. The Bertz CT molecular complexity index is 590. The molecule has 1 heterocycles. The van der Waals surface area contributed by atoms with Gasteiger partial charge < -0.3 is 19.9 Å². The largest absolute Gasteiger partial charge is 0.466 e. The van der Waals surface area contributed by atoms with Gasteiger partial charge in [0.05, 0.1) is 12.5 Å². The standard InChI is InChI=1S/C20H32N4O2/c1-5-26-19(25)18-10-12-24(13-11-18)20(21-2)22-14-16-6-8-17(9-7-16)15-23(3)4/h6-9,18H,5,10-15H2,1-4H3,(H,21,22). The van der Waals surface area contributed by atoms with Crippen LogP contribution in [0.4, 0.5) is 0 Å². The third kappa shape index (κ3) is 6.02. The minimum Gasteiger partial charge on any atom is -0.466 e. The van der Waals surface area contributed by atoms with Gasteiger partial charge in [0.15, 0.2) is 5.96 Å². The van der Waals surface area contributed by atoms with Crippen molar-refractivity contribution in [2.75, 3.05) is 40.8 Å². The molecule has 1 aromatic rings. The minimum atomic E-state index is -0.0621. The van der Waals surface area contributed by atoms with Crippen molar-refractivity contribution < 1.29 is 9.53 Å². The molecule has 1 saturated heterocycles. The molecular weight excluding hydrogens is 328 g/mol. The molecule has 0 saturated carbocycles. The van der Waals surface area contributed by atoms with Crippen molar-refractivity contribution in [2.45, 2.75) is 32.9 Å². The van der Waals surface area contributed by atoms with Gasteiger partial charge in [-0.15, -0.1) is 0 Å². The van der Waals surface area contributed by atoms with Crippen molar-refractivity contribution in [3.63, 3.8) is 0 Å². The van der Waals surface area contributed by atoms with E-state index in [-0.39, 0.29) is 11.9 Å². The number of ether oxygens (including phenoxy) is 1. The average molecular weight is 361 g/mol. The number of hydrogen-bond donors (Lipinski definition) is 1. The monoisotopic (exact) mass is 360 g/mol. The molecule has 0 atom stereocenters. The smallest absolute Gasteiger partial charge is 0.309 e. The zero-order valence-electron chi connectivity index (χ0n) is 16.5. The number of nitrogens with zero attached hydrogens (tertiary/aromatic N) is 3. The zero-order chi connectivity index (χ0) is 18.9. The maximum atomic E-state index is 11.9. The van der Waals surface area contributed by atoms with Crippen LogP contribution in [0.2, 0.25) is 0 Å². The molecule has 0 radical (unpaired) electrons. The van der Waals surface area contributed by atoms with E-state index in [4.69, 9.17) is 4.74 Å². The maximum Gasteiger partial charge on any atom is 0.309 e. The van der Waals surface area contributed by atoms with E-state index in [9.17, 15) is 4.79 Å². The second-order valence-electron chi connectivity index (χ2n) is 6.97. The van der Waals surface area contributed by atoms with Crippen molar-refractivity contribution in [1.82, 2.24) is 15.1 Å². The number of guanidine groups is 1. The van der Waals surface area contributed by atoms with Crippen molar-refractivity contribution in [3.05, 3.63) is 35.4 Å². The van der Waals surface area contributed by atoms with Gasteiger partial charge in [-0.2, -0.15) is 0 Å².